The van der Waals surface area contributed by atoms with Gasteiger partial charge < -0.3 is 30.5 Å². The van der Waals surface area contributed by atoms with E-state index in [1.54, 1.807) is 131 Å². The molecule has 436 valence electrons. The number of halogens is 7. The van der Waals surface area contributed by atoms with E-state index in [1.807, 2.05) is 12.1 Å². The third-order valence-electron chi connectivity index (χ3n) is 12.0. The van der Waals surface area contributed by atoms with Crippen LogP contribution in [0.4, 0.5) is 38.0 Å². The maximum Gasteiger partial charge on any atom is 0.488 e. The lowest BCUT2D eigenvalue weighted by Gasteiger charge is -2.12. The Balaban J connectivity index is 0.000000187. The lowest BCUT2D eigenvalue weighted by molar-refractivity contribution is -0.143. The summed E-state index contributed by atoms with van der Waals surface area (Å²) in [6.45, 7) is 0. The number of hydrogen-bond donors (Lipinski definition) is 4. The van der Waals surface area contributed by atoms with Crippen LogP contribution in [0.25, 0.3) is 45.3 Å². The molecule has 0 unspecified atom stereocenters. The molecule has 6 heterocycles. The van der Waals surface area contributed by atoms with Gasteiger partial charge in [-0.25, -0.2) is 9.36 Å². The van der Waals surface area contributed by atoms with Crippen LogP contribution in [0.3, 0.4) is 0 Å². The fraction of sp³-hybridized carbons (Fsp3) is 0.103. The number of aromatic nitrogens is 10. The van der Waals surface area contributed by atoms with Crippen molar-refractivity contribution in [2.75, 3.05) is 38.8 Å². The Morgan fingerprint density at radius 1 is 0.488 bits per heavy atom. The van der Waals surface area contributed by atoms with E-state index in [-0.39, 0.29) is 46.5 Å². The number of benzene rings is 4. The quantitative estimate of drug-likeness (QED) is 0.0658. The van der Waals surface area contributed by atoms with Crippen LogP contribution in [0.5, 0.6) is 0 Å². The number of hydrogen-bond acceptors (Lipinski definition) is 14. The summed E-state index contributed by atoms with van der Waals surface area (Å²) < 4.78 is 83.9. The van der Waals surface area contributed by atoms with Crippen molar-refractivity contribution in [1.29, 1.82) is 0 Å². The van der Waals surface area contributed by atoms with E-state index >= 15 is 0 Å². The van der Waals surface area contributed by atoms with Gasteiger partial charge in [-0.2, -0.15) is 36.5 Å². The molecule has 4 amide bonds. The average Bonchev–Trinajstić information content (AvgIpc) is 1.94. The Bertz CT molecular complexity index is 4020. The van der Waals surface area contributed by atoms with Gasteiger partial charge in [0.05, 0.1) is 11.4 Å². The molecule has 0 fully saturated rings. The first-order valence-electron chi connectivity index (χ1n) is 25.2. The molecule has 0 spiro atoms. The first-order chi connectivity index (χ1) is 40.9. The topological polar surface area (TPSA) is 252 Å². The van der Waals surface area contributed by atoms with Gasteiger partial charge in [-0.05, 0) is 132 Å². The molecule has 86 heavy (non-hydrogen) atoms. The van der Waals surface area contributed by atoms with E-state index in [9.17, 15) is 45.5 Å². The highest BCUT2D eigenvalue weighted by molar-refractivity contribution is 9.10. The molecule has 0 saturated carbocycles. The first kappa shape index (κ1) is 61.7. The van der Waals surface area contributed by atoms with E-state index < -0.39 is 42.7 Å². The molecular formula is C58H46BBrF6N14O6. The zero-order valence-electron chi connectivity index (χ0n) is 45.4. The van der Waals surface area contributed by atoms with Crippen LogP contribution in [0.1, 0.15) is 52.8 Å². The molecule has 0 atom stereocenters. The predicted molar refractivity (Wildman–Crippen MR) is 309 cm³/mol. The molecule has 0 radical (unpaired) electrons. The predicted octanol–water partition coefficient (Wildman–Crippen LogP) is 9.19. The molecule has 10 aromatic rings. The minimum atomic E-state index is -4.70. The van der Waals surface area contributed by atoms with Gasteiger partial charge in [0.2, 0.25) is 0 Å². The maximum atomic E-state index is 13.8. The number of nitrogens with zero attached hydrogens (tertiary/aromatic N) is 12. The summed E-state index contributed by atoms with van der Waals surface area (Å²) in [5, 5.41) is 46.4. The van der Waals surface area contributed by atoms with Gasteiger partial charge >= 0.3 is 19.5 Å². The Hall–Kier alpha value is -10.3. The smallest absolute Gasteiger partial charge is 0.423 e. The van der Waals surface area contributed by atoms with Crippen LogP contribution in [-0.4, -0.2) is 129 Å². The zero-order chi connectivity index (χ0) is 61.9. The van der Waals surface area contributed by atoms with Crippen LogP contribution in [0.2, 0.25) is 0 Å². The van der Waals surface area contributed by atoms with Crippen molar-refractivity contribution >= 4 is 63.8 Å². The van der Waals surface area contributed by atoms with Gasteiger partial charge in [-0.1, -0.05) is 58.4 Å². The van der Waals surface area contributed by atoms with Crippen LogP contribution < -0.4 is 16.1 Å². The molecule has 20 nitrogen and oxygen atoms in total. The summed E-state index contributed by atoms with van der Waals surface area (Å²) >= 11 is 3.28. The van der Waals surface area contributed by atoms with Gasteiger partial charge in [0, 0.05) is 90.8 Å². The normalized spacial score (nSPS) is 11.0. The van der Waals surface area contributed by atoms with Gasteiger partial charge in [0.1, 0.15) is 0 Å². The third-order valence-corrected chi connectivity index (χ3v) is 12.5. The van der Waals surface area contributed by atoms with Crippen molar-refractivity contribution in [3.63, 3.8) is 0 Å². The van der Waals surface area contributed by atoms with Crippen molar-refractivity contribution in [2.24, 2.45) is 0 Å². The molecule has 10 rings (SSSR count). The Morgan fingerprint density at radius 2 is 0.895 bits per heavy atom. The first-order valence-corrected chi connectivity index (χ1v) is 26.0. The summed E-state index contributed by atoms with van der Waals surface area (Å²) in [7, 11) is 5.08. The number of carbonyl (C=O) groups is 4. The van der Waals surface area contributed by atoms with Crippen molar-refractivity contribution in [3.8, 4) is 45.3 Å². The van der Waals surface area contributed by atoms with Crippen LogP contribution in [0, 0.1) is 0 Å². The molecule has 4 N–H and O–H groups in total. The number of anilines is 2. The Labute approximate surface area is 494 Å². The van der Waals surface area contributed by atoms with Crippen molar-refractivity contribution < 1.29 is 55.6 Å². The Morgan fingerprint density at radius 3 is 1.29 bits per heavy atom. The van der Waals surface area contributed by atoms with E-state index in [0.717, 1.165) is 27.7 Å². The van der Waals surface area contributed by atoms with Gasteiger partial charge in [0.15, 0.2) is 34.7 Å². The number of pyridine rings is 2. The van der Waals surface area contributed by atoms with Crippen molar-refractivity contribution in [3.05, 3.63) is 221 Å². The molecule has 4 aromatic carbocycles. The lowest BCUT2D eigenvalue weighted by Crippen LogP contribution is -2.31. The highest BCUT2D eigenvalue weighted by atomic mass is 79.9. The van der Waals surface area contributed by atoms with E-state index in [0.29, 0.717) is 48.2 Å². The highest BCUT2D eigenvalue weighted by Gasteiger charge is 2.38. The summed E-state index contributed by atoms with van der Waals surface area (Å²) in [6.07, 6.45) is -3.52. The zero-order valence-corrected chi connectivity index (χ0v) is 47.0. The monoisotopic (exact) mass is 1240 g/mol. The average molecular weight is 1240 g/mol. The van der Waals surface area contributed by atoms with Gasteiger partial charge in [-0.15, -0.1) is 20.4 Å². The molecule has 0 bridgehead atoms. The fourth-order valence-electron chi connectivity index (χ4n) is 7.86. The standard InChI is InChI=1S/C29H22F3N7O2.C20H12BrF3N6O.C9H12BNO3/c1-38(2)28(41)21-9-4-7-19(15-21)18-6-3-8-20(14-18)27(40)34-25-11-12-26(36-35-25)39-24(29(30,31)32)16-23(37-39)22-10-5-13-33-17-22;21-14-5-1-3-12(9-14)19(31)26-17-6-7-18(28-27-17)30-16(20(22,23)24)10-15(29-30)13-4-2-8-25-11-13;1-11(2)9(12)7-4-3-5-8(6-7)10(13)14/h3-17H,1-2H3,(H,34,35,40);1-11H,(H,26,27,31);3-6,13-14H,1-2H3. The number of rotatable bonds is 12. The van der Waals surface area contributed by atoms with Crippen LogP contribution in [0.15, 0.2) is 187 Å². The maximum absolute atomic E-state index is 13.8. The van der Waals surface area contributed by atoms with E-state index in [2.05, 4.69) is 67.1 Å². The SMILES string of the molecule is CN(C)C(=O)c1cccc(-c2cccc(C(=O)Nc3ccc(-n4nc(-c5cccnc5)cc4C(F)(F)F)nn3)c2)c1.CN(C)C(=O)c1cccc(B(O)O)c1.O=C(Nc1ccc(-n2nc(-c3cccnc3)cc2C(F)(F)F)nn1)c1cccc(Br)c1. The molecule has 0 aliphatic heterocycles. The van der Waals surface area contributed by atoms with Crippen LogP contribution >= 0.6 is 15.9 Å². The third kappa shape index (κ3) is 15.7. The molecule has 0 aliphatic rings. The molecule has 28 heteroatoms. The summed E-state index contributed by atoms with van der Waals surface area (Å²) in [6, 6.07) is 40.3. The number of carbonyl (C=O) groups excluding carboxylic acids is 4. The second-order valence-corrected chi connectivity index (χ2v) is 19.6. The van der Waals surface area contributed by atoms with Crippen molar-refractivity contribution in [2.45, 2.75) is 12.4 Å². The van der Waals surface area contributed by atoms with E-state index in [4.69, 9.17) is 10.0 Å². The second kappa shape index (κ2) is 26.9. The largest absolute Gasteiger partial charge is 0.488 e. The minimum absolute atomic E-state index is 0.0379. The van der Waals surface area contributed by atoms with Crippen molar-refractivity contribution in [1.82, 2.24) is 59.7 Å². The van der Waals surface area contributed by atoms with Crippen LogP contribution in [-0.2, 0) is 12.4 Å². The minimum Gasteiger partial charge on any atom is -0.423 e. The molecule has 0 saturated heterocycles. The molecule has 6 aromatic heterocycles. The highest BCUT2D eigenvalue weighted by Crippen LogP contribution is 2.35. The van der Waals surface area contributed by atoms with E-state index in [1.165, 1.54) is 64.9 Å². The van der Waals surface area contributed by atoms with Gasteiger partial charge in [-0.3, -0.25) is 29.1 Å². The second-order valence-electron chi connectivity index (χ2n) is 18.7. The molecular weight excluding hydrogens is 1190 g/mol. The lowest BCUT2D eigenvalue weighted by atomic mass is 9.79. The summed E-state index contributed by atoms with van der Waals surface area (Å²) in [5.41, 5.74) is 2.40. The summed E-state index contributed by atoms with van der Waals surface area (Å²) in [4.78, 5) is 59.8. The number of amides is 4. The van der Waals surface area contributed by atoms with Gasteiger partial charge in [0.25, 0.3) is 23.6 Å². The summed E-state index contributed by atoms with van der Waals surface area (Å²) in [5.74, 6) is -1.44. The Kier molecular flexibility index (Phi) is 19.3. The number of nitrogens with one attached hydrogen (secondary N) is 2. The number of alkyl halides is 6. The molecule has 0 aliphatic carbocycles. The fourth-order valence-corrected chi connectivity index (χ4v) is 8.26.